The Kier molecular flexibility index (Phi) is 4.07. The lowest BCUT2D eigenvalue weighted by Gasteiger charge is -2.34. The van der Waals surface area contributed by atoms with Crippen LogP contribution in [0.3, 0.4) is 0 Å². The van der Waals surface area contributed by atoms with Gasteiger partial charge >= 0.3 is 0 Å². The number of hydrogen-bond acceptors (Lipinski definition) is 3. The molecule has 2 aromatic carbocycles. The molecule has 2 aromatic rings. The molecule has 0 amide bonds. The third-order valence-electron chi connectivity index (χ3n) is 3.98. The Balaban J connectivity index is 1.57. The standard InChI is InChI=1S/C18H19N3/c19-14-15-5-4-6-17(13-15)20-16-9-11-21(12-10-16)18-7-2-1-3-8-18/h1-8,13,16,20H,9-12H2. The van der Waals surface area contributed by atoms with Crippen LogP contribution in [-0.2, 0) is 0 Å². The lowest BCUT2D eigenvalue weighted by atomic mass is 10.0. The van der Waals surface area contributed by atoms with Gasteiger partial charge in [0, 0.05) is 30.5 Å². The summed E-state index contributed by atoms with van der Waals surface area (Å²) in [6.45, 7) is 2.14. The molecule has 1 aliphatic rings. The van der Waals surface area contributed by atoms with E-state index in [0.717, 1.165) is 31.6 Å². The zero-order valence-electron chi connectivity index (χ0n) is 12.0. The number of benzene rings is 2. The summed E-state index contributed by atoms with van der Waals surface area (Å²) in [5.41, 5.74) is 3.07. The maximum Gasteiger partial charge on any atom is 0.0992 e. The van der Waals surface area contributed by atoms with Crippen LogP contribution in [0.4, 0.5) is 11.4 Å². The van der Waals surface area contributed by atoms with Gasteiger partial charge < -0.3 is 10.2 Å². The third kappa shape index (κ3) is 3.35. The van der Waals surface area contributed by atoms with Gasteiger partial charge in [-0.25, -0.2) is 0 Å². The largest absolute Gasteiger partial charge is 0.382 e. The van der Waals surface area contributed by atoms with E-state index in [0.29, 0.717) is 11.6 Å². The molecule has 1 fully saturated rings. The smallest absolute Gasteiger partial charge is 0.0992 e. The fraction of sp³-hybridized carbons (Fsp3) is 0.278. The number of nitriles is 1. The average molecular weight is 277 g/mol. The molecule has 0 aromatic heterocycles. The molecule has 0 radical (unpaired) electrons. The van der Waals surface area contributed by atoms with Crippen LogP contribution in [0.2, 0.25) is 0 Å². The van der Waals surface area contributed by atoms with Crippen molar-refractivity contribution in [2.75, 3.05) is 23.3 Å². The van der Waals surface area contributed by atoms with Gasteiger partial charge in [-0.1, -0.05) is 24.3 Å². The maximum absolute atomic E-state index is 8.94. The molecular formula is C18H19N3. The van der Waals surface area contributed by atoms with Crippen molar-refractivity contribution >= 4 is 11.4 Å². The van der Waals surface area contributed by atoms with Gasteiger partial charge in [-0.3, -0.25) is 0 Å². The third-order valence-corrected chi connectivity index (χ3v) is 3.98. The number of nitrogens with zero attached hydrogens (tertiary/aromatic N) is 2. The van der Waals surface area contributed by atoms with Crippen molar-refractivity contribution in [2.45, 2.75) is 18.9 Å². The van der Waals surface area contributed by atoms with Gasteiger partial charge in [0.05, 0.1) is 11.6 Å². The maximum atomic E-state index is 8.94. The molecular weight excluding hydrogens is 258 g/mol. The monoisotopic (exact) mass is 277 g/mol. The van der Waals surface area contributed by atoms with E-state index in [4.69, 9.17) is 5.26 Å². The number of rotatable bonds is 3. The summed E-state index contributed by atoms with van der Waals surface area (Å²) >= 11 is 0. The summed E-state index contributed by atoms with van der Waals surface area (Å²) in [6, 6.07) is 21.0. The summed E-state index contributed by atoms with van der Waals surface area (Å²) in [4.78, 5) is 2.43. The minimum Gasteiger partial charge on any atom is -0.382 e. The lowest BCUT2D eigenvalue weighted by molar-refractivity contribution is 0.527. The Hall–Kier alpha value is -2.47. The fourth-order valence-electron chi connectivity index (χ4n) is 2.84. The first-order chi connectivity index (χ1) is 10.3. The second-order valence-electron chi connectivity index (χ2n) is 5.43. The zero-order valence-corrected chi connectivity index (χ0v) is 12.0. The lowest BCUT2D eigenvalue weighted by Crippen LogP contribution is -2.39. The van der Waals surface area contributed by atoms with Gasteiger partial charge in [-0.05, 0) is 43.2 Å². The van der Waals surface area contributed by atoms with E-state index < -0.39 is 0 Å². The van der Waals surface area contributed by atoms with Crippen molar-refractivity contribution in [3.8, 4) is 6.07 Å². The van der Waals surface area contributed by atoms with Crippen LogP contribution >= 0.6 is 0 Å². The van der Waals surface area contributed by atoms with Crippen molar-refractivity contribution in [1.29, 1.82) is 5.26 Å². The van der Waals surface area contributed by atoms with E-state index in [1.54, 1.807) is 0 Å². The summed E-state index contributed by atoms with van der Waals surface area (Å²) < 4.78 is 0. The molecule has 0 atom stereocenters. The molecule has 3 nitrogen and oxygen atoms in total. The number of para-hydroxylation sites is 1. The Morgan fingerprint density at radius 2 is 1.76 bits per heavy atom. The Morgan fingerprint density at radius 3 is 2.48 bits per heavy atom. The highest BCUT2D eigenvalue weighted by Crippen LogP contribution is 2.22. The van der Waals surface area contributed by atoms with Crippen LogP contribution in [0.1, 0.15) is 18.4 Å². The Labute approximate surface area is 125 Å². The summed E-state index contributed by atoms with van der Waals surface area (Å²) in [7, 11) is 0. The number of anilines is 2. The molecule has 106 valence electrons. The second kappa shape index (κ2) is 6.32. The molecule has 1 aliphatic heterocycles. The van der Waals surface area contributed by atoms with E-state index in [-0.39, 0.29) is 0 Å². The van der Waals surface area contributed by atoms with Crippen molar-refractivity contribution in [3.63, 3.8) is 0 Å². The summed E-state index contributed by atoms with van der Waals surface area (Å²) in [6.07, 6.45) is 2.23. The van der Waals surface area contributed by atoms with Crippen LogP contribution in [0.25, 0.3) is 0 Å². The van der Waals surface area contributed by atoms with Gasteiger partial charge in [0.15, 0.2) is 0 Å². The topological polar surface area (TPSA) is 39.1 Å². The molecule has 1 saturated heterocycles. The van der Waals surface area contributed by atoms with E-state index >= 15 is 0 Å². The molecule has 1 heterocycles. The normalized spacial score (nSPS) is 15.5. The van der Waals surface area contributed by atoms with Gasteiger partial charge in [-0.2, -0.15) is 5.26 Å². The molecule has 21 heavy (non-hydrogen) atoms. The van der Waals surface area contributed by atoms with Crippen LogP contribution < -0.4 is 10.2 Å². The molecule has 3 rings (SSSR count). The molecule has 0 spiro atoms. The summed E-state index contributed by atoms with van der Waals surface area (Å²) in [5, 5.41) is 12.5. The summed E-state index contributed by atoms with van der Waals surface area (Å²) in [5.74, 6) is 0. The van der Waals surface area contributed by atoms with Gasteiger partial charge in [-0.15, -0.1) is 0 Å². The van der Waals surface area contributed by atoms with E-state index in [2.05, 4.69) is 46.6 Å². The van der Waals surface area contributed by atoms with Crippen LogP contribution in [0, 0.1) is 11.3 Å². The highest BCUT2D eigenvalue weighted by Gasteiger charge is 2.19. The first-order valence-corrected chi connectivity index (χ1v) is 7.42. The van der Waals surface area contributed by atoms with Crippen molar-refractivity contribution in [3.05, 3.63) is 60.2 Å². The van der Waals surface area contributed by atoms with Crippen molar-refractivity contribution in [1.82, 2.24) is 0 Å². The van der Waals surface area contributed by atoms with Crippen LogP contribution in [-0.4, -0.2) is 19.1 Å². The predicted molar refractivity (Wildman–Crippen MR) is 86.5 cm³/mol. The fourth-order valence-corrected chi connectivity index (χ4v) is 2.84. The van der Waals surface area contributed by atoms with Crippen molar-refractivity contribution in [2.24, 2.45) is 0 Å². The quantitative estimate of drug-likeness (QED) is 0.931. The number of nitrogens with one attached hydrogen (secondary N) is 1. The van der Waals surface area contributed by atoms with E-state index in [9.17, 15) is 0 Å². The van der Waals surface area contributed by atoms with Gasteiger partial charge in [0.25, 0.3) is 0 Å². The van der Waals surface area contributed by atoms with E-state index in [1.807, 2.05) is 24.3 Å². The highest BCUT2D eigenvalue weighted by molar-refractivity contribution is 5.50. The minimum absolute atomic E-state index is 0.485. The van der Waals surface area contributed by atoms with Gasteiger partial charge in [0.1, 0.15) is 0 Å². The Bertz CT molecular complexity index is 622. The molecule has 0 unspecified atom stereocenters. The first-order valence-electron chi connectivity index (χ1n) is 7.42. The molecule has 3 heteroatoms. The second-order valence-corrected chi connectivity index (χ2v) is 5.43. The van der Waals surface area contributed by atoms with Crippen molar-refractivity contribution < 1.29 is 0 Å². The average Bonchev–Trinajstić information content (AvgIpc) is 2.56. The van der Waals surface area contributed by atoms with Crippen LogP contribution in [0.15, 0.2) is 54.6 Å². The minimum atomic E-state index is 0.485. The predicted octanol–water partition coefficient (Wildman–Crippen LogP) is 3.64. The molecule has 1 N–H and O–H groups in total. The SMILES string of the molecule is N#Cc1cccc(NC2CCN(c3ccccc3)CC2)c1. The zero-order chi connectivity index (χ0) is 14.5. The number of hydrogen-bond donors (Lipinski definition) is 1. The van der Waals surface area contributed by atoms with E-state index in [1.165, 1.54) is 5.69 Å². The molecule has 0 saturated carbocycles. The molecule has 0 bridgehead atoms. The highest BCUT2D eigenvalue weighted by atomic mass is 15.1. The Morgan fingerprint density at radius 1 is 1.00 bits per heavy atom. The molecule has 0 aliphatic carbocycles. The first kappa shape index (κ1) is 13.5. The van der Waals surface area contributed by atoms with Gasteiger partial charge in [0.2, 0.25) is 0 Å². The number of piperidine rings is 1. The van der Waals surface area contributed by atoms with Crippen LogP contribution in [0.5, 0.6) is 0 Å².